The number of aryl methyl sites for hydroxylation is 1. The predicted octanol–water partition coefficient (Wildman–Crippen LogP) is 3.91. The third kappa shape index (κ3) is 3.64. The molecule has 1 aromatic carbocycles. The van der Waals surface area contributed by atoms with E-state index in [-0.39, 0.29) is 0 Å². The van der Waals surface area contributed by atoms with Crippen LogP contribution in [-0.4, -0.2) is 6.04 Å². The van der Waals surface area contributed by atoms with Crippen molar-refractivity contribution in [3.8, 4) is 0 Å². The van der Waals surface area contributed by atoms with Crippen LogP contribution >= 0.6 is 0 Å². The van der Waals surface area contributed by atoms with Crippen LogP contribution in [-0.2, 0) is 6.54 Å². The molecule has 0 aliphatic carbocycles. The minimum atomic E-state index is 0.606. The Kier molecular flexibility index (Phi) is 5.54. The van der Waals surface area contributed by atoms with Gasteiger partial charge in [0.15, 0.2) is 0 Å². The lowest BCUT2D eigenvalue weighted by molar-refractivity contribution is 0.353. The molecule has 1 unspecified atom stereocenters. The molecular weight excluding hydrogens is 194 g/mol. The molecule has 1 rings (SSSR count). The van der Waals surface area contributed by atoms with E-state index in [2.05, 4.69) is 57.3 Å². The van der Waals surface area contributed by atoms with Gasteiger partial charge in [0.1, 0.15) is 0 Å². The van der Waals surface area contributed by atoms with Gasteiger partial charge >= 0.3 is 0 Å². The van der Waals surface area contributed by atoms with Crippen molar-refractivity contribution in [2.75, 3.05) is 0 Å². The van der Waals surface area contributed by atoms with Crippen molar-refractivity contribution in [1.82, 2.24) is 5.32 Å². The van der Waals surface area contributed by atoms with Crippen LogP contribution in [0.25, 0.3) is 0 Å². The summed E-state index contributed by atoms with van der Waals surface area (Å²) >= 11 is 0. The maximum Gasteiger partial charge on any atom is 0.0210 e. The van der Waals surface area contributed by atoms with Gasteiger partial charge in [0.2, 0.25) is 0 Å². The Bertz CT molecular complexity index is 302. The maximum absolute atomic E-state index is 3.64. The fraction of sp³-hybridized carbons (Fsp3) is 0.600. The molecule has 1 aromatic rings. The molecule has 0 fully saturated rings. The fourth-order valence-corrected chi connectivity index (χ4v) is 2.24. The molecule has 1 nitrogen and oxygen atoms in total. The van der Waals surface area contributed by atoms with E-state index in [0.29, 0.717) is 6.04 Å². The van der Waals surface area contributed by atoms with Crippen LogP contribution in [0.2, 0.25) is 0 Å². The topological polar surface area (TPSA) is 12.0 Å². The summed E-state index contributed by atoms with van der Waals surface area (Å²) in [5, 5.41) is 3.64. The molecule has 1 heteroatoms. The summed E-state index contributed by atoms with van der Waals surface area (Å²) in [5.74, 6) is 0.795. The highest BCUT2D eigenvalue weighted by Crippen LogP contribution is 2.14. The fourth-order valence-electron chi connectivity index (χ4n) is 2.24. The molecular formula is C15H25N. The van der Waals surface area contributed by atoms with E-state index in [1.54, 1.807) is 0 Å². The smallest absolute Gasteiger partial charge is 0.0210 e. The molecule has 0 aliphatic rings. The van der Waals surface area contributed by atoms with Crippen LogP contribution in [0.15, 0.2) is 24.3 Å². The van der Waals surface area contributed by atoms with Gasteiger partial charge in [-0.3, -0.25) is 0 Å². The molecule has 0 amide bonds. The van der Waals surface area contributed by atoms with Crippen LogP contribution in [0, 0.1) is 12.8 Å². The Labute approximate surface area is 100 Å². The third-order valence-corrected chi connectivity index (χ3v) is 3.63. The monoisotopic (exact) mass is 219 g/mol. The summed E-state index contributed by atoms with van der Waals surface area (Å²) in [7, 11) is 0. The molecule has 1 atom stereocenters. The Morgan fingerprint density at radius 2 is 1.75 bits per heavy atom. The standard InChI is InChI=1S/C15H25N/c1-5-14(6-2)13(4)16-11-15-10-8-7-9-12(15)3/h7-10,13-14,16H,5-6,11H2,1-4H3. The molecule has 0 heterocycles. The molecule has 0 saturated heterocycles. The maximum atomic E-state index is 3.64. The summed E-state index contributed by atoms with van der Waals surface area (Å²) in [6.07, 6.45) is 2.52. The average molecular weight is 219 g/mol. The van der Waals surface area contributed by atoms with Gasteiger partial charge in [-0.2, -0.15) is 0 Å². The first-order valence-corrected chi connectivity index (χ1v) is 6.46. The van der Waals surface area contributed by atoms with E-state index in [4.69, 9.17) is 0 Å². The molecule has 0 radical (unpaired) electrons. The zero-order valence-electron chi connectivity index (χ0n) is 11.1. The lowest BCUT2D eigenvalue weighted by atomic mass is 9.95. The van der Waals surface area contributed by atoms with Crippen molar-refractivity contribution in [1.29, 1.82) is 0 Å². The minimum absolute atomic E-state index is 0.606. The van der Waals surface area contributed by atoms with E-state index < -0.39 is 0 Å². The van der Waals surface area contributed by atoms with Crippen molar-refractivity contribution in [3.63, 3.8) is 0 Å². The Balaban J connectivity index is 2.48. The van der Waals surface area contributed by atoms with Crippen molar-refractivity contribution in [3.05, 3.63) is 35.4 Å². The van der Waals surface area contributed by atoms with Crippen LogP contribution in [0.5, 0.6) is 0 Å². The summed E-state index contributed by atoms with van der Waals surface area (Å²) < 4.78 is 0. The van der Waals surface area contributed by atoms with E-state index in [1.807, 2.05) is 0 Å². The molecule has 0 spiro atoms. The number of rotatable bonds is 6. The highest BCUT2D eigenvalue weighted by atomic mass is 14.9. The van der Waals surface area contributed by atoms with E-state index in [1.165, 1.54) is 24.0 Å². The van der Waals surface area contributed by atoms with Gasteiger partial charge in [-0.15, -0.1) is 0 Å². The largest absolute Gasteiger partial charge is 0.310 e. The highest BCUT2D eigenvalue weighted by molar-refractivity contribution is 5.25. The Morgan fingerprint density at radius 1 is 1.12 bits per heavy atom. The van der Waals surface area contributed by atoms with Gasteiger partial charge in [0, 0.05) is 12.6 Å². The third-order valence-electron chi connectivity index (χ3n) is 3.63. The van der Waals surface area contributed by atoms with Crippen molar-refractivity contribution in [2.24, 2.45) is 5.92 Å². The highest BCUT2D eigenvalue weighted by Gasteiger charge is 2.12. The van der Waals surface area contributed by atoms with Gasteiger partial charge in [0.25, 0.3) is 0 Å². The van der Waals surface area contributed by atoms with Crippen LogP contribution < -0.4 is 5.32 Å². The van der Waals surface area contributed by atoms with Crippen molar-refractivity contribution >= 4 is 0 Å². The summed E-state index contributed by atoms with van der Waals surface area (Å²) in [5.41, 5.74) is 2.80. The first-order chi connectivity index (χ1) is 7.69. The number of nitrogens with one attached hydrogen (secondary N) is 1. The van der Waals surface area contributed by atoms with E-state index in [9.17, 15) is 0 Å². The minimum Gasteiger partial charge on any atom is -0.310 e. The zero-order chi connectivity index (χ0) is 12.0. The van der Waals surface area contributed by atoms with Crippen LogP contribution in [0.4, 0.5) is 0 Å². The lowest BCUT2D eigenvalue weighted by Crippen LogP contribution is -2.32. The van der Waals surface area contributed by atoms with Crippen molar-refractivity contribution < 1.29 is 0 Å². The van der Waals surface area contributed by atoms with Crippen molar-refractivity contribution in [2.45, 2.75) is 53.1 Å². The number of benzene rings is 1. The van der Waals surface area contributed by atoms with Gasteiger partial charge in [0.05, 0.1) is 0 Å². The summed E-state index contributed by atoms with van der Waals surface area (Å²) in [6.45, 7) is 10.0. The van der Waals surface area contributed by atoms with Gasteiger partial charge in [-0.05, 0) is 30.9 Å². The molecule has 0 aromatic heterocycles. The Morgan fingerprint density at radius 3 is 2.31 bits per heavy atom. The van der Waals surface area contributed by atoms with Gasteiger partial charge in [-0.1, -0.05) is 51.0 Å². The van der Waals surface area contributed by atoms with Gasteiger partial charge in [-0.25, -0.2) is 0 Å². The quantitative estimate of drug-likeness (QED) is 0.765. The SMILES string of the molecule is CCC(CC)C(C)NCc1ccccc1C. The Hall–Kier alpha value is -0.820. The molecule has 90 valence electrons. The predicted molar refractivity (Wildman–Crippen MR) is 71.6 cm³/mol. The van der Waals surface area contributed by atoms with Crippen LogP contribution in [0.3, 0.4) is 0 Å². The second-order valence-corrected chi connectivity index (χ2v) is 4.67. The molecule has 0 bridgehead atoms. The first kappa shape index (κ1) is 13.2. The molecule has 16 heavy (non-hydrogen) atoms. The second kappa shape index (κ2) is 6.70. The molecule has 1 N–H and O–H groups in total. The molecule has 0 aliphatic heterocycles. The van der Waals surface area contributed by atoms with E-state index in [0.717, 1.165) is 12.5 Å². The normalized spacial score (nSPS) is 13.1. The summed E-state index contributed by atoms with van der Waals surface area (Å²) in [6, 6.07) is 9.21. The first-order valence-electron chi connectivity index (χ1n) is 6.46. The lowest BCUT2D eigenvalue weighted by Gasteiger charge is -2.23. The van der Waals surface area contributed by atoms with E-state index >= 15 is 0 Å². The van der Waals surface area contributed by atoms with Crippen LogP contribution in [0.1, 0.15) is 44.7 Å². The zero-order valence-corrected chi connectivity index (χ0v) is 11.1. The molecule has 0 saturated carbocycles. The summed E-state index contributed by atoms with van der Waals surface area (Å²) in [4.78, 5) is 0. The number of hydrogen-bond donors (Lipinski definition) is 1. The van der Waals surface area contributed by atoms with Gasteiger partial charge < -0.3 is 5.32 Å². The average Bonchev–Trinajstić information content (AvgIpc) is 2.29. The number of hydrogen-bond acceptors (Lipinski definition) is 1. The second-order valence-electron chi connectivity index (χ2n) is 4.67.